The summed E-state index contributed by atoms with van der Waals surface area (Å²) in [5, 5.41) is 3.78. The van der Waals surface area contributed by atoms with Gasteiger partial charge in [-0.15, -0.1) is 0 Å². The van der Waals surface area contributed by atoms with Crippen molar-refractivity contribution in [3.63, 3.8) is 0 Å². The lowest BCUT2D eigenvalue weighted by molar-refractivity contribution is 0.00592. The summed E-state index contributed by atoms with van der Waals surface area (Å²) in [6.07, 6.45) is 5.18. The number of nitrogens with one attached hydrogen (secondary N) is 1. The van der Waals surface area contributed by atoms with Crippen LogP contribution < -0.4 is 5.32 Å². The quantitative estimate of drug-likeness (QED) is 0.799. The summed E-state index contributed by atoms with van der Waals surface area (Å²) in [5.74, 6) is 0.798. The Bertz CT molecular complexity index is 204. The monoisotopic (exact) mass is 227 g/mol. The second-order valence-electron chi connectivity index (χ2n) is 5.31. The molecule has 3 unspecified atom stereocenters. The lowest BCUT2D eigenvalue weighted by atomic mass is 9.91. The van der Waals surface area contributed by atoms with E-state index in [2.05, 4.69) is 19.2 Å². The van der Waals surface area contributed by atoms with Gasteiger partial charge in [0.1, 0.15) is 0 Å². The summed E-state index contributed by atoms with van der Waals surface area (Å²) < 4.78 is 11.0. The van der Waals surface area contributed by atoms with Crippen molar-refractivity contribution in [2.24, 2.45) is 5.92 Å². The smallest absolute Gasteiger partial charge is 0.0561 e. The Morgan fingerprint density at radius 3 is 2.56 bits per heavy atom. The molecule has 0 aromatic rings. The fourth-order valence-electron chi connectivity index (χ4n) is 2.87. The first-order valence-electron chi connectivity index (χ1n) is 6.71. The van der Waals surface area contributed by atoms with Crippen LogP contribution in [-0.4, -0.2) is 38.0 Å². The highest BCUT2D eigenvalue weighted by molar-refractivity contribution is 4.81. The molecule has 2 aliphatic rings. The Morgan fingerprint density at radius 1 is 1.12 bits per heavy atom. The van der Waals surface area contributed by atoms with Gasteiger partial charge in [0, 0.05) is 31.9 Å². The lowest BCUT2D eigenvalue weighted by Crippen LogP contribution is -2.46. The first-order chi connectivity index (χ1) is 7.75. The Hall–Kier alpha value is -0.120. The topological polar surface area (TPSA) is 30.5 Å². The molecule has 3 atom stereocenters. The molecule has 2 rings (SSSR count). The third-order valence-corrected chi connectivity index (χ3v) is 3.96. The molecule has 2 saturated heterocycles. The summed E-state index contributed by atoms with van der Waals surface area (Å²) in [5.41, 5.74) is 0. The van der Waals surface area contributed by atoms with Crippen molar-refractivity contribution in [3.05, 3.63) is 0 Å². The van der Waals surface area contributed by atoms with E-state index >= 15 is 0 Å². The van der Waals surface area contributed by atoms with E-state index in [4.69, 9.17) is 9.47 Å². The maximum atomic E-state index is 5.58. The fourth-order valence-corrected chi connectivity index (χ4v) is 2.87. The molecule has 2 fully saturated rings. The van der Waals surface area contributed by atoms with Gasteiger partial charge in [0.15, 0.2) is 0 Å². The lowest BCUT2D eigenvalue weighted by Gasteiger charge is -2.34. The number of ether oxygens (including phenoxy) is 2. The highest BCUT2D eigenvalue weighted by Crippen LogP contribution is 2.21. The van der Waals surface area contributed by atoms with E-state index in [1.54, 1.807) is 0 Å². The van der Waals surface area contributed by atoms with Crippen LogP contribution in [0.3, 0.4) is 0 Å². The minimum atomic E-state index is 0.424. The van der Waals surface area contributed by atoms with Crippen molar-refractivity contribution in [2.75, 3.05) is 19.8 Å². The zero-order valence-corrected chi connectivity index (χ0v) is 10.6. The second-order valence-corrected chi connectivity index (χ2v) is 5.31. The molecule has 0 aliphatic carbocycles. The van der Waals surface area contributed by atoms with Gasteiger partial charge in [0.2, 0.25) is 0 Å². The van der Waals surface area contributed by atoms with Crippen LogP contribution in [0.5, 0.6) is 0 Å². The van der Waals surface area contributed by atoms with E-state index in [0.29, 0.717) is 18.2 Å². The average molecular weight is 227 g/mol. The van der Waals surface area contributed by atoms with Gasteiger partial charge < -0.3 is 14.8 Å². The van der Waals surface area contributed by atoms with Crippen molar-refractivity contribution in [1.29, 1.82) is 0 Å². The van der Waals surface area contributed by atoms with Crippen LogP contribution in [0.25, 0.3) is 0 Å². The van der Waals surface area contributed by atoms with E-state index < -0.39 is 0 Å². The minimum absolute atomic E-state index is 0.424. The normalized spacial score (nSPS) is 34.9. The van der Waals surface area contributed by atoms with Crippen LogP contribution in [0.4, 0.5) is 0 Å². The highest BCUT2D eigenvalue weighted by atomic mass is 16.5. The highest BCUT2D eigenvalue weighted by Gasteiger charge is 2.25. The first-order valence-corrected chi connectivity index (χ1v) is 6.71. The van der Waals surface area contributed by atoms with Gasteiger partial charge >= 0.3 is 0 Å². The SMILES string of the molecule is CC1CC(NC(C)C2CCOCC2)CCO1. The molecule has 16 heavy (non-hydrogen) atoms. The molecule has 0 bridgehead atoms. The van der Waals surface area contributed by atoms with Crippen LogP contribution in [0, 0.1) is 5.92 Å². The van der Waals surface area contributed by atoms with Gasteiger partial charge in [-0.2, -0.15) is 0 Å². The molecule has 3 nitrogen and oxygen atoms in total. The molecule has 0 amide bonds. The molecule has 3 heteroatoms. The van der Waals surface area contributed by atoms with Crippen LogP contribution in [0.15, 0.2) is 0 Å². The summed E-state index contributed by atoms with van der Waals surface area (Å²) >= 11 is 0. The number of hydrogen-bond donors (Lipinski definition) is 1. The van der Waals surface area contributed by atoms with Gasteiger partial charge in [0.05, 0.1) is 6.10 Å². The Balaban J connectivity index is 1.74. The zero-order valence-electron chi connectivity index (χ0n) is 10.6. The van der Waals surface area contributed by atoms with Crippen molar-refractivity contribution in [3.8, 4) is 0 Å². The number of hydrogen-bond acceptors (Lipinski definition) is 3. The maximum absolute atomic E-state index is 5.58. The van der Waals surface area contributed by atoms with Crippen molar-refractivity contribution < 1.29 is 9.47 Å². The van der Waals surface area contributed by atoms with Gasteiger partial charge in [-0.25, -0.2) is 0 Å². The second kappa shape index (κ2) is 5.99. The van der Waals surface area contributed by atoms with Gasteiger partial charge in [-0.05, 0) is 45.4 Å². The Kier molecular flexibility index (Phi) is 4.62. The van der Waals surface area contributed by atoms with Crippen LogP contribution >= 0.6 is 0 Å². The average Bonchev–Trinajstić information content (AvgIpc) is 2.30. The Labute approximate surface area is 98.9 Å². The van der Waals surface area contributed by atoms with Gasteiger partial charge in [0.25, 0.3) is 0 Å². The van der Waals surface area contributed by atoms with Crippen molar-refractivity contribution in [2.45, 2.75) is 57.7 Å². The fraction of sp³-hybridized carbons (Fsp3) is 1.00. The van der Waals surface area contributed by atoms with Crippen LogP contribution in [-0.2, 0) is 9.47 Å². The summed E-state index contributed by atoms with van der Waals surface area (Å²) in [7, 11) is 0. The third kappa shape index (κ3) is 3.44. The molecule has 94 valence electrons. The Morgan fingerprint density at radius 2 is 1.88 bits per heavy atom. The molecular weight excluding hydrogens is 202 g/mol. The molecule has 0 aromatic carbocycles. The standard InChI is InChI=1S/C13H25NO2/c1-10-9-13(5-8-16-10)14-11(2)12-3-6-15-7-4-12/h10-14H,3-9H2,1-2H3. The summed E-state index contributed by atoms with van der Waals surface area (Å²) in [6.45, 7) is 7.31. The predicted molar refractivity (Wildman–Crippen MR) is 64.6 cm³/mol. The molecular formula is C13H25NO2. The van der Waals surface area contributed by atoms with E-state index in [9.17, 15) is 0 Å². The van der Waals surface area contributed by atoms with E-state index in [0.717, 1.165) is 38.6 Å². The number of rotatable bonds is 3. The maximum Gasteiger partial charge on any atom is 0.0561 e. The molecule has 0 aromatic heterocycles. The molecule has 0 radical (unpaired) electrons. The molecule has 2 aliphatic heterocycles. The van der Waals surface area contributed by atoms with Crippen LogP contribution in [0.1, 0.15) is 39.5 Å². The van der Waals surface area contributed by atoms with Crippen LogP contribution in [0.2, 0.25) is 0 Å². The van der Waals surface area contributed by atoms with E-state index in [1.165, 1.54) is 12.8 Å². The van der Waals surface area contributed by atoms with Crippen molar-refractivity contribution in [1.82, 2.24) is 5.32 Å². The van der Waals surface area contributed by atoms with E-state index in [1.807, 2.05) is 0 Å². The van der Waals surface area contributed by atoms with Crippen molar-refractivity contribution >= 4 is 0 Å². The largest absolute Gasteiger partial charge is 0.381 e. The zero-order chi connectivity index (χ0) is 11.4. The minimum Gasteiger partial charge on any atom is -0.381 e. The van der Waals surface area contributed by atoms with Gasteiger partial charge in [-0.1, -0.05) is 0 Å². The van der Waals surface area contributed by atoms with E-state index in [-0.39, 0.29) is 0 Å². The summed E-state index contributed by atoms with van der Waals surface area (Å²) in [6, 6.07) is 1.28. The third-order valence-electron chi connectivity index (χ3n) is 3.96. The van der Waals surface area contributed by atoms with Gasteiger partial charge in [-0.3, -0.25) is 0 Å². The molecule has 0 saturated carbocycles. The molecule has 1 N–H and O–H groups in total. The first kappa shape index (κ1) is 12.3. The molecule has 0 spiro atoms. The molecule has 2 heterocycles. The predicted octanol–water partition coefficient (Wildman–Crippen LogP) is 1.96. The summed E-state index contributed by atoms with van der Waals surface area (Å²) in [4.78, 5) is 0.